The zero-order valence-corrected chi connectivity index (χ0v) is 8.82. The van der Waals surface area contributed by atoms with E-state index in [0.717, 1.165) is 5.56 Å². The van der Waals surface area contributed by atoms with E-state index in [0.29, 0.717) is 12.8 Å². The van der Waals surface area contributed by atoms with Crippen LogP contribution in [0, 0.1) is 11.3 Å². The van der Waals surface area contributed by atoms with Crippen LogP contribution in [-0.2, 0) is 5.41 Å². The van der Waals surface area contributed by atoms with Crippen molar-refractivity contribution < 1.29 is 0 Å². The fraction of sp³-hybridized carbons (Fsp3) is 0.214. The van der Waals surface area contributed by atoms with Crippen LogP contribution < -0.4 is 0 Å². The summed E-state index contributed by atoms with van der Waals surface area (Å²) in [7, 11) is 0. The molecule has 0 heterocycles. The average molecular weight is 197 g/mol. The fourth-order valence-electron chi connectivity index (χ4n) is 1.72. The molecular weight excluding hydrogens is 182 g/mol. The van der Waals surface area contributed by atoms with Crippen LogP contribution in [0.2, 0.25) is 0 Å². The molecule has 0 amide bonds. The van der Waals surface area contributed by atoms with Gasteiger partial charge in [-0.1, -0.05) is 42.5 Å². The standard InChI is InChI=1S/C14H15N/c1-3-10-14(12-15,11-4-2)13-8-6-5-7-9-13/h3-9H,1-2,10-11H2. The first kappa shape index (κ1) is 11.3. The van der Waals surface area contributed by atoms with Crippen LogP contribution >= 0.6 is 0 Å². The van der Waals surface area contributed by atoms with Crippen LogP contribution in [0.3, 0.4) is 0 Å². The van der Waals surface area contributed by atoms with Crippen molar-refractivity contribution in [2.75, 3.05) is 0 Å². The van der Waals surface area contributed by atoms with E-state index < -0.39 is 5.41 Å². The fourth-order valence-corrected chi connectivity index (χ4v) is 1.72. The summed E-state index contributed by atoms with van der Waals surface area (Å²) in [5.74, 6) is 0. The van der Waals surface area contributed by atoms with Gasteiger partial charge in [0, 0.05) is 0 Å². The van der Waals surface area contributed by atoms with Crippen LogP contribution in [0.5, 0.6) is 0 Å². The number of allylic oxidation sites excluding steroid dienone is 2. The zero-order chi connectivity index (χ0) is 11.1. The smallest absolute Gasteiger partial charge is 0.0890 e. The van der Waals surface area contributed by atoms with Crippen molar-refractivity contribution in [2.24, 2.45) is 0 Å². The molecule has 0 spiro atoms. The summed E-state index contributed by atoms with van der Waals surface area (Å²) in [4.78, 5) is 0. The predicted octanol–water partition coefficient (Wildman–Crippen LogP) is 3.60. The Labute approximate surface area is 91.4 Å². The molecule has 0 aliphatic rings. The van der Waals surface area contributed by atoms with Gasteiger partial charge < -0.3 is 0 Å². The lowest BCUT2D eigenvalue weighted by atomic mass is 9.76. The molecule has 0 bridgehead atoms. The van der Waals surface area contributed by atoms with Crippen molar-refractivity contribution in [1.82, 2.24) is 0 Å². The van der Waals surface area contributed by atoms with Crippen LogP contribution in [0.1, 0.15) is 18.4 Å². The van der Waals surface area contributed by atoms with E-state index >= 15 is 0 Å². The van der Waals surface area contributed by atoms with Gasteiger partial charge in [0.25, 0.3) is 0 Å². The van der Waals surface area contributed by atoms with E-state index in [-0.39, 0.29) is 0 Å². The Morgan fingerprint density at radius 3 is 2.07 bits per heavy atom. The molecule has 0 unspecified atom stereocenters. The van der Waals surface area contributed by atoms with Crippen molar-refractivity contribution in [3.63, 3.8) is 0 Å². The first-order chi connectivity index (χ1) is 7.29. The van der Waals surface area contributed by atoms with Gasteiger partial charge in [0.15, 0.2) is 0 Å². The molecule has 76 valence electrons. The van der Waals surface area contributed by atoms with Crippen molar-refractivity contribution in [3.05, 3.63) is 61.2 Å². The van der Waals surface area contributed by atoms with E-state index in [9.17, 15) is 5.26 Å². The highest BCUT2D eigenvalue weighted by atomic mass is 14.4. The molecule has 0 radical (unpaired) electrons. The molecule has 0 N–H and O–H groups in total. The summed E-state index contributed by atoms with van der Waals surface area (Å²) in [6.07, 6.45) is 4.89. The topological polar surface area (TPSA) is 23.8 Å². The van der Waals surface area contributed by atoms with Crippen LogP contribution in [-0.4, -0.2) is 0 Å². The van der Waals surface area contributed by atoms with Crippen molar-refractivity contribution >= 4 is 0 Å². The van der Waals surface area contributed by atoms with E-state index in [2.05, 4.69) is 19.2 Å². The highest BCUT2D eigenvalue weighted by Gasteiger charge is 2.29. The number of benzene rings is 1. The number of nitriles is 1. The molecular formula is C14H15N. The Morgan fingerprint density at radius 2 is 1.67 bits per heavy atom. The van der Waals surface area contributed by atoms with E-state index in [1.165, 1.54) is 0 Å². The summed E-state index contributed by atoms with van der Waals surface area (Å²) < 4.78 is 0. The Morgan fingerprint density at radius 1 is 1.13 bits per heavy atom. The first-order valence-electron chi connectivity index (χ1n) is 4.97. The second-order valence-corrected chi connectivity index (χ2v) is 3.55. The van der Waals surface area contributed by atoms with Crippen molar-refractivity contribution in [3.8, 4) is 6.07 Å². The number of hydrogen-bond donors (Lipinski definition) is 0. The molecule has 0 aliphatic carbocycles. The Balaban J connectivity index is 3.15. The molecule has 0 fully saturated rings. The monoisotopic (exact) mass is 197 g/mol. The van der Waals surface area contributed by atoms with Gasteiger partial charge in [0.05, 0.1) is 11.5 Å². The van der Waals surface area contributed by atoms with Gasteiger partial charge in [-0.15, -0.1) is 13.2 Å². The van der Waals surface area contributed by atoms with Crippen molar-refractivity contribution in [1.29, 1.82) is 5.26 Å². The Kier molecular flexibility index (Phi) is 3.88. The van der Waals surface area contributed by atoms with Crippen LogP contribution in [0.25, 0.3) is 0 Å². The number of hydrogen-bond acceptors (Lipinski definition) is 1. The lowest BCUT2D eigenvalue weighted by molar-refractivity contribution is 0.566. The van der Waals surface area contributed by atoms with E-state index in [1.807, 2.05) is 30.3 Å². The first-order valence-corrected chi connectivity index (χ1v) is 4.97. The normalized spacial score (nSPS) is 10.3. The summed E-state index contributed by atoms with van der Waals surface area (Å²) in [6, 6.07) is 12.2. The van der Waals surface area contributed by atoms with Gasteiger partial charge in [-0.2, -0.15) is 5.26 Å². The third-order valence-corrected chi connectivity index (χ3v) is 2.53. The number of nitrogens with zero attached hydrogens (tertiary/aromatic N) is 1. The third-order valence-electron chi connectivity index (χ3n) is 2.53. The predicted molar refractivity (Wildman–Crippen MR) is 63.4 cm³/mol. The second kappa shape index (κ2) is 5.17. The maximum Gasteiger partial charge on any atom is 0.0890 e. The van der Waals surface area contributed by atoms with Gasteiger partial charge in [-0.25, -0.2) is 0 Å². The van der Waals surface area contributed by atoms with Crippen LogP contribution in [0.4, 0.5) is 0 Å². The van der Waals surface area contributed by atoms with Gasteiger partial charge in [0.1, 0.15) is 0 Å². The molecule has 0 atom stereocenters. The molecule has 0 aliphatic heterocycles. The highest BCUT2D eigenvalue weighted by molar-refractivity contribution is 5.34. The van der Waals surface area contributed by atoms with Crippen LogP contribution in [0.15, 0.2) is 55.6 Å². The molecule has 1 aromatic carbocycles. The second-order valence-electron chi connectivity index (χ2n) is 3.55. The molecule has 0 saturated carbocycles. The minimum Gasteiger partial charge on any atom is -0.197 e. The lowest BCUT2D eigenvalue weighted by Gasteiger charge is -2.24. The molecule has 1 aromatic rings. The minimum absolute atomic E-state index is 0.495. The quantitative estimate of drug-likeness (QED) is 0.661. The number of rotatable bonds is 5. The Bertz CT molecular complexity index is 360. The lowest BCUT2D eigenvalue weighted by Crippen LogP contribution is -2.22. The molecule has 1 rings (SSSR count). The maximum atomic E-state index is 9.35. The molecule has 1 heteroatoms. The molecule has 15 heavy (non-hydrogen) atoms. The highest BCUT2D eigenvalue weighted by Crippen LogP contribution is 2.31. The Hall–Kier alpha value is -1.81. The maximum absolute atomic E-state index is 9.35. The summed E-state index contributed by atoms with van der Waals surface area (Å²) in [6.45, 7) is 7.43. The molecule has 0 aromatic heterocycles. The van der Waals surface area contributed by atoms with Gasteiger partial charge >= 0.3 is 0 Å². The summed E-state index contributed by atoms with van der Waals surface area (Å²) in [5, 5.41) is 9.35. The van der Waals surface area contributed by atoms with E-state index in [4.69, 9.17) is 0 Å². The summed E-state index contributed by atoms with van der Waals surface area (Å²) >= 11 is 0. The molecule has 0 saturated heterocycles. The van der Waals surface area contributed by atoms with Gasteiger partial charge in [-0.3, -0.25) is 0 Å². The van der Waals surface area contributed by atoms with E-state index in [1.54, 1.807) is 12.2 Å². The van der Waals surface area contributed by atoms with Gasteiger partial charge in [0.2, 0.25) is 0 Å². The average Bonchev–Trinajstić information content (AvgIpc) is 2.30. The minimum atomic E-state index is -0.495. The third kappa shape index (κ3) is 2.35. The largest absolute Gasteiger partial charge is 0.197 e. The SMILES string of the molecule is C=CCC(C#N)(CC=C)c1ccccc1. The van der Waals surface area contributed by atoms with Crippen molar-refractivity contribution in [2.45, 2.75) is 18.3 Å². The van der Waals surface area contributed by atoms with Gasteiger partial charge in [-0.05, 0) is 18.4 Å². The zero-order valence-electron chi connectivity index (χ0n) is 8.82. The summed E-state index contributed by atoms with van der Waals surface area (Å²) in [5.41, 5.74) is 0.539. The molecule has 1 nitrogen and oxygen atoms in total.